The Kier molecular flexibility index (Phi) is 3.54. The van der Waals surface area contributed by atoms with E-state index < -0.39 is 5.91 Å². The number of hydrogen-bond donors (Lipinski definition) is 2. The first-order chi connectivity index (χ1) is 10.5. The number of thiophene rings is 1. The highest BCUT2D eigenvalue weighted by Gasteiger charge is 2.12. The van der Waals surface area contributed by atoms with Crippen LogP contribution in [0.2, 0.25) is 0 Å². The van der Waals surface area contributed by atoms with Gasteiger partial charge in [0.15, 0.2) is 0 Å². The Balaban J connectivity index is 2.03. The number of primary amides is 1. The van der Waals surface area contributed by atoms with Crippen LogP contribution < -0.4 is 11.3 Å². The van der Waals surface area contributed by atoms with Crippen molar-refractivity contribution in [2.24, 2.45) is 5.73 Å². The summed E-state index contributed by atoms with van der Waals surface area (Å²) >= 11 is 1.52. The molecule has 0 bridgehead atoms. The number of nitrogens with zero attached hydrogens (tertiary/aromatic N) is 1. The molecule has 0 radical (unpaired) electrons. The Hall–Kier alpha value is -2.47. The highest BCUT2D eigenvalue weighted by molar-refractivity contribution is 7.18. The Morgan fingerprint density at radius 2 is 2.14 bits per heavy atom. The molecule has 0 saturated heterocycles. The van der Waals surface area contributed by atoms with Crippen LogP contribution in [0.25, 0.3) is 10.2 Å². The first-order valence-corrected chi connectivity index (χ1v) is 7.65. The number of carbonyl (C=O) groups is 1. The van der Waals surface area contributed by atoms with Crippen molar-refractivity contribution in [1.82, 2.24) is 9.97 Å². The van der Waals surface area contributed by atoms with Crippen molar-refractivity contribution < 1.29 is 4.79 Å². The number of aromatic amines is 1. The van der Waals surface area contributed by atoms with E-state index in [-0.39, 0.29) is 5.56 Å². The molecule has 2 heterocycles. The van der Waals surface area contributed by atoms with Crippen molar-refractivity contribution in [2.75, 3.05) is 0 Å². The number of rotatable bonds is 3. The summed E-state index contributed by atoms with van der Waals surface area (Å²) in [5.41, 5.74) is 7.47. The predicted molar refractivity (Wildman–Crippen MR) is 87.5 cm³/mol. The number of nitrogens with one attached hydrogen (secondary N) is 1. The standard InChI is InChI=1S/C16H15N3O2S/c1-8-9(2)22-16-13(8)15(21)18-12(19-16)7-10-4-3-5-11(6-10)14(17)20/h3-6H,7H2,1-2H3,(H2,17,20)(H,18,19,21). The van der Waals surface area contributed by atoms with Crippen molar-refractivity contribution >= 4 is 27.5 Å². The van der Waals surface area contributed by atoms with Crippen LogP contribution in [0.3, 0.4) is 0 Å². The molecule has 0 saturated carbocycles. The van der Waals surface area contributed by atoms with E-state index in [1.165, 1.54) is 11.3 Å². The van der Waals surface area contributed by atoms with Crippen LogP contribution >= 0.6 is 11.3 Å². The fourth-order valence-electron chi connectivity index (χ4n) is 2.41. The first-order valence-electron chi connectivity index (χ1n) is 6.83. The van der Waals surface area contributed by atoms with E-state index in [0.29, 0.717) is 23.2 Å². The van der Waals surface area contributed by atoms with Gasteiger partial charge in [0, 0.05) is 16.9 Å². The van der Waals surface area contributed by atoms with Gasteiger partial charge in [0.05, 0.1) is 5.39 Å². The topological polar surface area (TPSA) is 88.8 Å². The van der Waals surface area contributed by atoms with Crippen molar-refractivity contribution in [2.45, 2.75) is 20.3 Å². The lowest BCUT2D eigenvalue weighted by Crippen LogP contribution is -2.13. The molecule has 0 atom stereocenters. The highest BCUT2D eigenvalue weighted by atomic mass is 32.1. The molecule has 22 heavy (non-hydrogen) atoms. The molecular formula is C16H15N3O2S. The molecule has 3 rings (SSSR count). The summed E-state index contributed by atoms with van der Waals surface area (Å²) in [6.45, 7) is 3.91. The largest absolute Gasteiger partial charge is 0.366 e. The average Bonchev–Trinajstić information content (AvgIpc) is 2.74. The minimum Gasteiger partial charge on any atom is -0.366 e. The van der Waals surface area contributed by atoms with Gasteiger partial charge in [-0.1, -0.05) is 12.1 Å². The SMILES string of the molecule is Cc1sc2nc(Cc3cccc(C(N)=O)c3)[nH]c(=O)c2c1C. The normalized spacial score (nSPS) is 11.0. The lowest BCUT2D eigenvalue weighted by molar-refractivity contribution is 0.1000. The summed E-state index contributed by atoms with van der Waals surface area (Å²) < 4.78 is 0. The summed E-state index contributed by atoms with van der Waals surface area (Å²) in [5.74, 6) is 0.114. The Bertz CT molecular complexity index is 940. The fraction of sp³-hybridized carbons (Fsp3) is 0.188. The van der Waals surface area contributed by atoms with Crippen LogP contribution in [-0.4, -0.2) is 15.9 Å². The van der Waals surface area contributed by atoms with E-state index in [4.69, 9.17) is 5.73 Å². The molecule has 3 aromatic rings. The minimum atomic E-state index is -0.469. The molecule has 0 fully saturated rings. The molecular weight excluding hydrogens is 298 g/mol. The van der Waals surface area contributed by atoms with E-state index in [1.807, 2.05) is 19.9 Å². The van der Waals surface area contributed by atoms with E-state index in [9.17, 15) is 9.59 Å². The maximum atomic E-state index is 12.2. The third-order valence-corrected chi connectivity index (χ3v) is 4.77. The monoisotopic (exact) mass is 313 g/mol. The Labute approximate surface area is 130 Å². The second kappa shape index (κ2) is 5.38. The molecule has 3 N–H and O–H groups in total. The number of benzene rings is 1. The molecule has 0 aliphatic rings. The van der Waals surface area contributed by atoms with Gasteiger partial charge in [-0.2, -0.15) is 0 Å². The van der Waals surface area contributed by atoms with E-state index in [1.54, 1.807) is 18.2 Å². The molecule has 112 valence electrons. The van der Waals surface area contributed by atoms with Gasteiger partial charge in [-0.15, -0.1) is 11.3 Å². The zero-order valence-electron chi connectivity index (χ0n) is 12.3. The number of aryl methyl sites for hydroxylation is 2. The van der Waals surface area contributed by atoms with Crippen molar-refractivity contribution in [3.8, 4) is 0 Å². The maximum absolute atomic E-state index is 12.2. The van der Waals surface area contributed by atoms with E-state index in [2.05, 4.69) is 9.97 Å². The third kappa shape index (κ3) is 2.53. The molecule has 2 aromatic heterocycles. The van der Waals surface area contributed by atoms with Crippen molar-refractivity contribution in [3.63, 3.8) is 0 Å². The van der Waals surface area contributed by atoms with E-state index in [0.717, 1.165) is 20.8 Å². The zero-order valence-corrected chi connectivity index (χ0v) is 13.1. The second-order valence-electron chi connectivity index (χ2n) is 5.22. The number of hydrogen-bond acceptors (Lipinski definition) is 4. The fourth-order valence-corrected chi connectivity index (χ4v) is 3.46. The van der Waals surface area contributed by atoms with Crippen molar-refractivity contribution in [3.05, 3.63) is 62.0 Å². The highest BCUT2D eigenvalue weighted by Crippen LogP contribution is 2.25. The molecule has 0 spiro atoms. The van der Waals surface area contributed by atoms with Gasteiger partial charge in [-0.25, -0.2) is 4.98 Å². The summed E-state index contributed by atoms with van der Waals surface area (Å²) in [4.78, 5) is 32.7. The Morgan fingerprint density at radius 3 is 2.86 bits per heavy atom. The van der Waals surface area contributed by atoms with Gasteiger partial charge < -0.3 is 10.7 Å². The number of carbonyl (C=O) groups excluding carboxylic acids is 1. The first kappa shape index (κ1) is 14.5. The van der Waals surface area contributed by atoms with Gasteiger partial charge in [0.25, 0.3) is 5.56 Å². The quantitative estimate of drug-likeness (QED) is 0.777. The van der Waals surface area contributed by atoms with Crippen molar-refractivity contribution in [1.29, 1.82) is 0 Å². The number of fused-ring (bicyclic) bond motifs is 1. The minimum absolute atomic E-state index is 0.118. The molecule has 0 unspecified atom stereocenters. The molecule has 5 nitrogen and oxygen atoms in total. The second-order valence-corrected chi connectivity index (χ2v) is 6.42. The number of H-pyrrole nitrogens is 1. The molecule has 6 heteroatoms. The summed E-state index contributed by atoms with van der Waals surface area (Å²) in [7, 11) is 0. The maximum Gasteiger partial charge on any atom is 0.259 e. The Morgan fingerprint density at radius 1 is 1.36 bits per heavy atom. The van der Waals surface area contributed by atoms with Gasteiger partial charge in [0.2, 0.25) is 5.91 Å². The lowest BCUT2D eigenvalue weighted by atomic mass is 10.1. The van der Waals surface area contributed by atoms with Gasteiger partial charge in [-0.3, -0.25) is 9.59 Å². The zero-order chi connectivity index (χ0) is 15.9. The van der Waals surface area contributed by atoms with Crippen LogP contribution in [0, 0.1) is 13.8 Å². The van der Waals surface area contributed by atoms with Gasteiger partial charge >= 0.3 is 0 Å². The van der Waals surface area contributed by atoms with Gasteiger partial charge in [-0.05, 0) is 37.1 Å². The molecule has 0 aliphatic carbocycles. The summed E-state index contributed by atoms with van der Waals surface area (Å²) in [5, 5.41) is 0.664. The van der Waals surface area contributed by atoms with Crippen LogP contribution in [0.4, 0.5) is 0 Å². The molecule has 1 amide bonds. The molecule has 0 aliphatic heterocycles. The number of nitrogens with two attached hydrogens (primary N) is 1. The van der Waals surface area contributed by atoms with Crippen LogP contribution in [0.5, 0.6) is 0 Å². The number of amides is 1. The average molecular weight is 313 g/mol. The predicted octanol–water partition coefficient (Wildman–Crippen LogP) is 2.29. The molecule has 1 aromatic carbocycles. The smallest absolute Gasteiger partial charge is 0.259 e. The van der Waals surface area contributed by atoms with Gasteiger partial charge in [0.1, 0.15) is 10.7 Å². The van der Waals surface area contributed by atoms with Crippen LogP contribution in [0.15, 0.2) is 29.1 Å². The van der Waals surface area contributed by atoms with Crippen LogP contribution in [-0.2, 0) is 6.42 Å². The summed E-state index contributed by atoms with van der Waals surface area (Å²) in [6, 6.07) is 7.03. The van der Waals surface area contributed by atoms with E-state index >= 15 is 0 Å². The third-order valence-electron chi connectivity index (χ3n) is 3.67. The lowest BCUT2D eigenvalue weighted by Gasteiger charge is -2.03. The van der Waals surface area contributed by atoms with Crippen LogP contribution in [0.1, 0.15) is 32.2 Å². The number of aromatic nitrogens is 2. The summed E-state index contributed by atoms with van der Waals surface area (Å²) in [6.07, 6.45) is 0.447.